The summed E-state index contributed by atoms with van der Waals surface area (Å²) in [6.07, 6.45) is 8.45. The fourth-order valence-electron chi connectivity index (χ4n) is 3.30. The summed E-state index contributed by atoms with van der Waals surface area (Å²) < 4.78 is 11.4. The molecule has 3 nitrogen and oxygen atoms in total. The minimum Gasteiger partial charge on any atom is -0.381 e. The molecule has 2 unspecified atom stereocenters. The summed E-state index contributed by atoms with van der Waals surface area (Å²) in [5, 5.41) is 0. The normalized spacial score (nSPS) is 32.2. The zero-order valence-corrected chi connectivity index (χ0v) is 10.4. The molecule has 94 valence electrons. The highest BCUT2D eigenvalue weighted by Gasteiger charge is 2.42. The van der Waals surface area contributed by atoms with Crippen LogP contribution in [-0.4, -0.2) is 32.0 Å². The van der Waals surface area contributed by atoms with Crippen LogP contribution in [0.25, 0.3) is 0 Å². The van der Waals surface area contributed by atoms with Crippen molar-refractivity contribution in [2.45, 2.75) is 56.6 Å². The summed E-state index contributed by atoms with van der Waals surface area (Å²) >= 11 is 0. The maximum absolute atomic E-state index is 6.46. The highest BCUT2D eigenvalue weighted by molar-refractivity contribution is 4.97. The van der Waals surface area contributed by atoms with E-state index in [0.717, 1.165) is 32.5 Å². The Morgan fingerprint density at radius 1 is 1.25 bits per heavy atom. The van der Waals surface area contributed by atoms with Gasteiger partial charge in [-0.25, -0.2) is 0 Å². The van der Waals surface area contributed by atoms with Crippen LogP contribution in [0.2, 0.25) is 0 Å². The standard InChI is InChI=1S/C13H25NO2/c1-15-13(7-3-2-4-8-13)12(14)11-6-5-9-16-10-11/h11-12H,2-10,14H2,1H3. The Balaban J connectivity index is 2.00. The highest BCUT2D eigenvalue weighted by Crippen LogP contribution is 2.37. The first-order valence-corrected chi connectivity index (χ1v) is 6.67. The molecule has 2 fully saturated rings. The quantitative estimate of drug-likeness (QED) is 0.803. The second-order valence-electron chi connectivity index (χ2n) is 5.33. The molecule has 2 aliphatic rings. The molecule has 0 aromatic rings. The maximum Gasteiger partial charge on any atom is 0.0832 e. The molecule has 1 aliphatic carbocycles. The van der Waals surface area contributed by atoms with Crippen molar-refractivity contribution in [2.24, 2.45) is 11.7 Å². The van der Waals surface area contributed by atoms with Crippen LogP contribution >= 0.6 is 0 Å². The van der Waals surface area contributed by atoms with Crippen LogP contribution in [0, 0.1) is 5.92 Å². The van der Waals surface area contributed by atoms with Gasteiger partial charge in [-0.3, -0.25) is 0 Å². The van der Waals surface area contributed by atoms with Crippen molar-refractivity contribution in [1.29, 1.82) is 0 Å². The summed E-state index contributed by atoms with van der Waals surface area (Å²) in [5.74, 6) is 0.492. The van der Waals surface area contributed by atoms with Crippen molar-refractivity contribution in [3.63, 3.8) is 0 Å². The molecule has 0 spiro atoms. The van der Waals surface area contributed by atoms with Crippen LogP contribution < -0.4 is 5.73 Å². The summed E-state index contributed by atoms with van der Waals surface area (Å²) in [5.41, 5.74) is 6.40. The Morgan fingerprint density at radius 2 is 2.00 bits per heavy atom. The molecule has 16 heavy (non-hydrogen) atoms. The lowest BCUT2D eigenvalue weighted by Crippen LogP contribution is -2.56. The Labute approximate surface area is 98.7 Å². The predicted octanol–water partition coefficient (Wildman–Crippen LogP) is 2.09. The van der Waals surface area contributed by atoms with E-state index in [9.17, 15) is 0 Å². The molecule has 2 N–H and O–H groups in total. The number of hydrogen-bond donors (Lipinski definition) is 1. The van der Waals surface area contributed by atoms with Crippen molar-refractivity contribution >= 4 is 0 Å². The summed E-state index contributed by atoms with van der Waals surface area (Å²) in [4.78, 5) is 0. The lowest BCUT2D eigenvalue weighted by Gasteiger charge is -2.44. The average Bonchev–Trinajstić information content (AvgIpc) is 2.39. The van der Waals surface area contributed by atoms with Gasteiger partial charge in [0.1, 0.15) is 0 Å². The van der Waals surface area contributed by atoms with Gasteiger partial charge in [0, 0.05) is 25.7 Å². The van der Waals surface area contributed by atoms with Crippen LogP contribution in [0.3, 0.4) is 0 Å². The highest BCUT2D eigenvalue weighted by atomic mass is 16.5. The van der Waals surface area contributed by atoms with E-state index >= 15 is 0 Å². The van der Waals surface area contributed by atoms with E-state index in [4.69, 9.17) is 15.2 Å². The maximum atomic E-state index is 6.46. The second-order valence-corrected chi connectivity index (χ2v) is 5.33. The van der Waals surface area contributed by atoms with Crippen LogP contribution in [0.4, 0.5) is 0 Å². The van der Waals surface area contributed by atoms with E-state index < -0.39 is 0 Å². The van der Waals surface area contributed by atoms with Crippen molar-refractivity contribution in [3.8, 4) is 0 Å². The first kappa shape index (κ1) is 12.3. The Hall–Kier alpha value is -0.120. The smallest absolute Gasteiger partial charge is 0.0832 e. The molecule has 2 rings (SSSR count). The van der Waals surface area contributed by atoms with E-state index in [1.54, 1.807) is 0 Å². The summed E-state index contributed by atoms with van der Waals surface area (Å²) in [6.45, 7) is 1.73. The number of rotatable bonds is 3. The molecular formula is C13H25NO2. The van der Waals surface area contributed by atoms with Gasteiger partial charge in [0.05, 0.1) is 12.2 Å². The zero-order valence-electron chi connectivity index (χ0n) is 10.4. The van der Waals surface area contributed by atoms with Crippen molar-refractivity contribution in [3.05, 3.63) is 0 Å². The van der Waals surface area contributed by atoms with Gasteiger partial charge in [-0.2, -0.15) is 0 Å². The lowest BCUT2D eigenvalue weighted by atomic mass is 9.73. The molecule has 0 radical (unpaired) electrons. The van der Waals surface area contributed by atoms with Crippen LogP contribution in [0.1, 0.15) is 44.9 Å². The Kier molecular flexibility index (Phi) is 4.22. The van der Waals surface area contributed by atoms with E-state index in [1.165, 1.54) is 25.7 Å². The molecular weight excluding hydrogens is 202 g/mol. The van der Waals surface area contributed by atoms with Gasteiger partial charge in [0.2, 0.25) is 0 Å². The molecule has 3 heteroatoms. The minimum absolute atomic E-state index is 0.0659. The minimum atomic E-state index is -0.0659. The molecule has 2 atom stereocenters. The predicted molar refractivity (Wildman–Crippen MR) is 64.3 cm³/mol. The number of nitrogens with two attached hydrogens (primary N) is 1. The molecule has 0 aromatic heterocycles. The molecule has 1 heterocycles. The average molecular weight is 227 g/mol. The zero-order chi connectivity index (χ0) is 11.4. The topological polar surface area (TPSA) is 44.5 Å². The largest absolute Gasteiger partial charge is 0.381 e. The van der Waals surface area contributed by atoms with Gasteiger partial charge in [0.15, 0.2) is 0 Å². The SMILES string of the molecule is COC1(C(N)C2CCCOC2)CCCCC1. The third-order valence-electron chi connectivity index (χ3n) is 4.42. The fraction of sp³-hybridized carbons (Fsp3) is 1.00. The van der Waals surface area contributed by atoms with Crippen molar-refractivity contribution in [2.75, 3.05) is 20.3 Å². The van der Waals surface area contributed by atoms with Crippen LogP contribution in [-0.2, 0) is 9.47 Å². The van der Waals surface area contributed by atoms with Gasteiger partial charge < -0.3 is 15.2 Å². The van der Waals surface area contributed by atoms with Crippen LogP contribution in [0.5, 0.6) is 0 Å². The van der Waals surface area contributed by atoms with Crippen LogP contribution in [0.15, 0.2) is 0 Å². The third kappa shape index (κ3) is 2.41. The molecule has 1 saturated carbocycles. The van der Waals surface area contributed by atoms with Gasteiger partial charge in [-0.1, -0.05) is 19.3 Å². The monoisotopic (exact) mass is 227 g/mol. The fourth-order valence-corrected chi connectivity index (χ4v) is 3.30. The number of ether oxygens (including phenoxy) is 2. The molecule has 0 aromatic carbocycles. The van der Waals surface area contributed by atoms with E-state index in [2.05, 4.69) is 0 Å². The lowest BCUT2D eigenvalue weighted by molar-refractivity contribution is -0.0880. The van der Waals surface area contributed by atoms with E-state index in [1.807, 2.05) is 7.11 Å². The van der Waals surface area contributed by atoms with Gasteiger partial charge in [-0.05, 0) is 25.7 Å². The number of methoxy groups -OCH3 is 1. The molecule has 1 aliphatic heterocycles. The van der Waals surface area contributed by atoms with E-state index in [-0.39, 0.29) is 11.6 Å². The molecule has 0 bridgehead atoms. The van der Waals surface area contributed by atoms with Gasteiger partial charge in [0.25, 0.3) is 0 Å². The number of hydrogen-bond acceptors (Lipinski definition) is 3. The van der Waals surface area contributed by atoms with Crippen molar-refractivity contribution in [1.82, 2.24) is 0 Å². The molecule has 0 amide bonds. The summed E-state index contributed by atoms with van der Waals surface area (Å²) in [6, 6.07) is 0.151. The van der Waals surface area contributed by atoms with Crippen molar-refractivity contribution < 1.29 is 9.47 Å². The van der Waals surface area contributed by atoms with E-state index in [0.29, 0.717) is 5.92 Å². The van der Waals surface area contributed by atoms with Gasteiger partial charge in [-0.15, -0.1) is 0 Å². The Bertz CT molecular complexity index is 208. The third-order valence-corrected chi connectivity index (χ3v) is 4.42. The summed E-state index contributed by atoms with van der Waals surface area (Å²) in [7, 11) is 1.83. The second kappa shape index (κ2) is 5.48. The first-order chi connectivity index (χ1) is 7.78. The Morgan fingerprint density at radius 3 is 2.56 bits per heavy atom. The molecule has 1 saturated heterocycles. The van der Waals surface area contributed by atoms with Gasteiger partial charge >= 0.3 is 0 Å². The first-order valence-electron chi connectivity index (χ1n) is 6.67.